The van der Waals surface area contributed by atoms with Crippen LogP contribution in [0.3, 0.4) is 0 Å². The molecule has 0 fully saturated rings. The first-order valence-corrected chi connectivity index (χ1v) is 7.47. The third kappa shape index (κ3) is 2.99. The molecule has 0 saturated heterocycles. The number of halogens is 2. The number of nitrogens with one attached hydrogen (secondary N) is 1. The molecule has 18 heavy (non-hydrogen) atoms. The zero-order valence-corrected chi connectivity index (χ0v) is 12.7. The van der Waals surface area contributed by atoms with Crippen LogP contribution in [0.2, 0.25) is 0 Å². The van der Waals surface area contributed by atoms with Gasteiger partial charge in [0.2, 0.25) is 0 Å². The molecule has 2 aromatic rings. The SMILES string of the molecule is CCNC(c1ccc(C)s1)c1ccc(Br)cc1F. The summed E-state index contributed by atoms with van der Waals surface area (Å²) in [7, 11) is 0. The first-order valence-electron chi connectivity index (χ1n) is 5.86. The van der Waals surface area contributed by atoms with Crippen LogP contribution in [-0.4, -0.2) is 6.54 Å². The molecule has 1 nitrogen and oxygen atoms in total. The van der Waals surface area contributed by atoms with Gasteiger partial charge in [-0.2, -0.15) is 0 Å². The van der Waals surface area contributed by atoms with Crippen molar-refractivity contribution in [2.24, 2.45) is 0 Å². The predicted molar refractivity (Wildman–Crippen MR) is 78.7 cm³/mol. The summed E-state index contributed by atoms with van der Waals surface area (Å²) in [5.74, 6) is -0.179. The van der Waals surface area contributed by atoms with Gasteiger partial charge in [-0.3, -0.25) is 0 Å². The van der Waals surface area contributed by atoms with Crippen LogP contribution in [0, 0.1) is 12.7 Å². The number of benzene rings is 1. The molecule has 1 N–H and O–H groups in total. The minimum absolute atomic E-state index is 0.0678. The lowest BCUT2D eigenvalue weighted by Gasteiger charge is -2.17. The fourth-order valence-electron chi connectivity index (χ4n) is 1.91. The predicted octanol–water partition coefficient (Wildman–Crippen LogP) is 4.66. The average molecular weight is 328 g/mol. The van der Waals surface area contributed by atoms with E-state index in [1.165, 1.54) is 10.9 Å². The van der Waals surface area contributed by atoms with Crippen molar-refractivity contribution < 1.29 is 4.39 Å². The van der Waals surface area contributed by atoms with E-state index in [1.54, 1.807) is 11.3 Å². The van der Waals surface area contributed by atoms with E-state index in [0.29, 0.717) is 5.56 Å². The van der Waals surface area contributed by atoms with E-state index < -0.39 is 0 Å². The molecule has 1 aromatic carbocycles. The van der Waals surface area contributed by atoms with E-state index in [1.807, 2.05) is 19.1 Å². The Morgan fingerprint density at radius 1 is 1.33 bits per heavy atom. The second-order valence-corrected chi connectivity index (χ2v) is 6.34. The van der Waals surface area contributed by atoms with Crippen LogP contribution >= 0.6 is 27.3 Å². The third-order valence-electron chi connectivity index (χ3n) is 2.73. The minimum atomic E-state index is -0.179. The van der Waals surface area contributed by atoms with E-state index in [2.05, 4.69) is 40.3 Å². The number of hydrogen-bond donors (Lipinski definition) is 1. The number of thiophene rings is 1. The Hall–Kier alpha value is -0.710. The zero-order chi connectivity index (χ0) is 13.1. The monoisotopic (exact) mass is 327 g/mol. The highest BCUT2D eigenvalue weighted by molar-refractivity contribution is 9.10. The van der Waals surface area contributed by atoms with Gasteiger partial charge in [-0.25, -0.2) is 4.39 Å². The summed E-state index contributed by atoms with van der Waals surface area (Å²) < 4.78 is 14.8. The van der Waals surface area contributed by atoms with Crippen LogP contribution in [0.15, 0.2) is 34.8 Å². The molecule has 1 aromatic heterocycles. The molecule has 0 aliphatic rings. The van der Waals surface area contributed by atoms with Crippen molar-refractivity contribution in [1.29, 1.82) is 0 Å². The number of aryl methyl sites for hydroxylation is 1. The first kappa shape index (κ1) is 13.7. The molecule has 1 heterocycles. The summed E-state index contributed by atoms with van der Waals surface area (Å²) in [6.07, 6.45) is 0. The number of hydrogen-bond acceptors (Lipinski definition) is 2. The lowest BCUT2D eigenvalue weighted by atomic mass is 10.0. The minimum Gasteiger partial charge on any atom is -0.306 e. The maximum Gasteiger partial charge on any atom is 0.129 e. The Balaban J connectivity index is 2.41. The van der Waals surface area contributed by atoms with Crippen LogP contribution in [0.25, 0.3) is 0 Å². The highest BCUT2D eigenvalue weighted by Gasteiger charge is 2.18. The topological polar surface area (TPSA) is 12.0 Å². The molecule has 0 aliphatic heterocycles. The molecule has 2 rings (SSSR count). The molecule has 0 bridgehead atoms. The van der Waals surface area contributed by atoms with Gasteiger partial charge in [-0.1, -0.05) is 28.9 Å². The third-order valence-corrected chi connectivity index (χ3v) is 4.29. The van der Waals surface area contributed by atoms with Crippen molar-refractivity contribution in [1.82, 2.24) is 5.32 Å². The van der Waals surface area contributed by atoms with E-state index in [0.717, 1.165) is 15.9 Å². The van der Waals surface area contributed by atoms with E-state index >= 15 is 0 Å². The van der Waals surface area contributed by atoms with Gasteiger partial charge < -0.3 is 5.32 Å². The second-order valence-electron chi connectivity index (χ2n) is 4.10. The summed E-state index contributed by atoms with van der Waals surface area (Å²) in [5.41, 5.74) is 0.696. The van der Waals surface area contributed by atoms with Crippen molar-refractivity contribution in [3.05, 3.63) is 55.9 Å². The summed E-state index contributed by atoms with van der Waals surface area (Å²) in [5, 5.41) is 3.34. The van der Waals surface area contributed by atoms with E-state index in [-0.39, 0.29) is 11.9 Å². The molecule has 0 radical (unpaired) electrons. The maximum absolute atomic E-state index is 14.1. The molecular weight excluding hydrogens is 313 g/mol. The standard InChI is InChI=1S/C14H15BrFNS/c1-3-17-14(13-7-4-9(2)18-13)11-6-5-10(15)8-12(11)16/h4-8,14,17H,3H2,1-2H3. The Labute approximate surface area is 119 Å². The lowest BCUT2D eigenvalue weighted by molar-refractivity contribution is 0.562. The van der Waals surface area contributed by atoms with Gasteiger partial charge in [0.05, 0.1) is 6.04 Å². The van der Waals surface area contributed by atoms with Crippen LogP contribution in [0.4, 0.5) is 4.39 Å². The summed E-state index contributed by atoms with van der Waals surface area (Å²) in [6.45, 7) is 4.90. The quantitative estimate of drug-likeness (QED) is 0.861. The van der Waals surface area contributed by atoms with Gasteiger partial charge in [0.25, 0.3) is 0 Å². The van der Waals surface area contributed by atoms with Gasteiger partial charge >= 0.3 is 0 Å². The van der Waals surface area contributed by atoms with E-state index in [9.17, 15) is 4.39 Å². The molecule has 1 atom stereocenters. The normalized spacial score (nSPS) is 12.7. The summed E-state index contributed by atoms with van der Waals surface area (Å²) >= 11 is 4.99. The first-order chi connectivity index (χ1) is 8.61. The van der Waals surface area contributed by atoms with Crippen LogP contribution < -0.4 is 5.32 Å². The Kier molecular flexibility index (Phi) is 4.54. The molecule has 4 heteroatoms. The largest absolute Gasteiger partial charge is 0.306 e. The van der Waals surface area contributed by atoms with E-state index in [4.69, 9.17) is 0 Å². The van der Waals surface area contributed by atoms with Gasteiger partial charge in [0.15, 0.2) is 0 Å². The lowest BCUT2D eigenvalue weighted by Crippen LogP contribution is -2.22. The van der Waals surface area contributed by atoms with Crippen LogP contribution in [0.1, 0.15) is 28.3 Å². The van der Waals surface area contributed by atoms with Crippen LogP contribution in [0.5, 0.6) is 0 Å². The maximum atomic E-state index is 14.1. The molecular formula is C14H15BrFNS. The summed E-state index contributed by atoms with van der Waals surface area (Å²) in [4.78, 5) is 2.39. The fourth-order valence-corrected chi connectivity index (χ4v) is 3.22. The Bertz CT molecular complexity index is 538. The van der Waals surface area contributed by atoms with Crippen molar-refractivity contribution in [2.45, 2.75) is 19.9 Å². The van der Waals surface area contributed by atoms with Crippen LogP contribution in [-0.2, 0) is 0 Å². The van der Waals surface area contributed by atoms with Gasteiger partial charge in [-0.15, -0.1) is 11.3 Å². The summed E-state index contributed by atoms with van der Waals surface area (Å²) in [6, 6.07) is 9.29. The van der Waals surface area contributed by atoms with Gasteiger partial charge in [-0.05, 0) is 37.7 Å². The molecule has 96 valence electrons. The number of rotatable bonds is 4. The van der Waals surface area contributed by atoms with Gasteiger partial charge in [0.1, 0.15) is 5.82 Å². The fraction of sp³-hybridized carbons (Fsp3) is 0.286. The van der Waals surface area contributed by atoms with Crippen molar-refractivity contribution >= 4 is 27.3 Å². The second kappa shape index (κ2) is 5.95. The molecule has 0 spiro atoms. The zero-order valence-electron chi connectivity index (χ0n) is 10.3. The van der Waals surface area contributed by atoms with Gasteiger partial charge in [0, 0.05) is 19.8 Å². The smallest absolute Gasteiger partial charge is 0.129 e. The molecule has 0 aliphatic carbocycles. The molecule has 0 saturated carbocycles. The Morgan fingerprint density at radius 3 is 2.67 bits per heavy atom. The molecule has 0 amide bonds. The highest BCUT2D eigenvalue weighted by Crippen LogP contribution is 2.30. The average Bonchev–Trinajstić information content (AvgIpc) is 2.73. The Morgan fingerprint density at radius 2 is 2.11 bits per heavy atom. The highest BCUT2D eigenvalue weighted by atomic mass is 79.9. The van der Waals surface area contributed by atoms with Crippen molar-refractivity contribution in [2.75, 3.05) is 6.54 Å². The van der Waals surface area contributed by atoms with Crippen molar-refractivity contribution in [3.8, 4) is 0 Å². The van der Waals surface area contributed by atoms with Crippen molar-refractivity contribution in [3.63, 3.8) is 0 Å². The molecule has 1 unspecified atom stereocenters.